The number of anilines is 1. The van der Waals surface area contributed by atoms with Crippen molar-refractivity contribution in [3.63, 3.8) is 0 Å². The van der Waals surface area contributed by atoms with Crippen LogP contribution in [-0.4, -0.2) is 39.5 Å². The minimum absolute atomic E-state index is 0.0848. The van der Waals surface area contributed by atoms with E-state index in [0.29, 0.717) is 11.8 Å². The molecule has 29 heavy (non-hydrogen) atoms. The number of hydrogen-bond donors (Lipinski definition) is 1. The first-order chi connectivity index (χ1) is 14.3. The molecule has 154 valence electrons. The lowest BCUT2D eigenvalue weighted by Crippen LogP contribution is -2.32. The number of rotatable bonds is 6. The number of carbonyl (C=O) groups is 1. The lowest BCUT2D eigenvalue weighted by atomic mass is 9.88. The third kappa shape index (κ3) is 4.15. The lowest BCUT2D eigenvalue weighted by molar-refractivity contribution is -0.119. The predicted octanol–water partition coefficient (Wildman–Crippen LogP) is 3.89. The minimum Gasteiger partial charge on any atom is -0.349 e. The van der Waals surface area contributed by atoms with Crippen LogP contribution in [-0.2, 0) is 11.2 Å². The summed E-state index contributed by atoms with van der Waals surface area (Å²) in [5.41, 5.74) is 2.65. The van der Waals surface area contributed by atoms with Crippen LogP contribution in [0.5, 0.6) is 0 Å². The Hall–Kier alpha value is -2.02. The van der Waals surface area contributed by atoms with Crippen LogP contribution in [0.15, 0.2) is 29.4 Å². The molecule has 7 heteroatoms. The number of hydrogen-bond acceptors (Lipinski definition) is 5. The van der Waals surface area contributed by atoms with E-state index in [2.05, 4.69) is 49.2 Å². The van der Waals surface area contributed by atoms with Crippen molar-refractivity contribution in [2.24, 2.45) is 0 Å². The second-order valence-electron chi connectivity index (χ2n) is 8.43. The Morgan fingerprint density at radius 3 is 2.72 bits per heavy atom. The molecule has 1 unspecified atom stereocenters. The van der Waals surface area contributed by atoms with Crippen LogP contribution in [0.25, 0.3) is 0 Å². The average molecular weight is 412 g/mol. The van der Waals surface area contributed by atoms with Gasteiger partial charge in [0.2, 0.25) is 11.9 Å². The number of thioether (sulfide) groups is 1. The molecule has 1 aliphatic heterocycles. The third-order valence-electron chi connectivity index (χ3n) is 6.23. The number of amides is 1. The highest BCUT2D eigenvalue weighted by Gasteiger charge is 2.32. The third-order valence-corrected chi connectivity index (χ3v) is 7.18. The molecule has 1 aromatic carbocycles. The first kappa shape index (κ1) is 19.0. The Balaban J connectivity index is 1.24. The van der Waals surface area contributed by atoms with Crippen molar-refractivity contribution in [1.82, 2.24) is 20.1 Å². The van der Waals surface area contributed by atoms with Crippen LogP contribution < -0.4 is 10.2 Å². The molecule has 0 spiro atoms. The minimum atomic E-state index is 0.0848. The zero-order valence-electron chi connectivity index (χ0n) is 16.8. The van der Waals surface area contributed by atoms with Crippen LogP contribution in [0.1, 0.15) is 68.2 Å². The van der Waals surface area contributed by atoms with Crippen LogP contribution in [0.2, 0.25) is 0 Å². The van der Waals surface area contributed by atoms with Crippen LogP contribution >= 0.6 is 11.8 Å². The summed E-state index contributed by atoms with van der Waals surface area (Å²) in [6, 6.07) is 9.14. The van der Waals surface area contributed by atoms with E-state index in [1.54, 1.807) is 0 Å². The van der Waals surface area contributed by atoms with Gasteiger partial charge in [-0.15, -0.1) is 10.2 Å². The summed E-state index contributed by atoms with van der Waals surface area (Å²) in [7, 11) is 0. The van der Waals surface area contributed by atoms with Crippen molar-refractivity contribution in [3.8, 4) is 0 Å². The summed E-state index contributed by atoms with van der Waals surface area (Å²) < 4.78 is 2.29. The molecule has 1 N–H and O–H groups in total. The molecule has 6 nitrogen and oxygen atoms in total. The zero-order valence-corrected chi connectivity index (χ0v) is 17.7. The van der Waals surface area contributed by atoms with Crippen molar-refractivity contribution in [2.45, 2.75) is 68.6 Å². The van der Waals surface area contributed by atoms with Gasteiger partial charge >= 0.3 is 0 Å². The van der Waals surface area contributed by atoms with Crippen molar-refractivity contribution in [1.29, 1.82) is 0 Å². The fourth-order valence-electron chi connectivity index (χ4n) is 4.60. The molecule has 2 aliphatic carbocycles. The average Bonchev–Trinajstić information content (AvgIpc) is 3.52. The molecule has 1 aromatic heterocycles. The number of piperidine rings is 1. The fraction of sp³-hybridized carbons (Fsp3) is 0.591. The van der Waals surface area contributed by atoms with Crippen molar-refractivity contribution >= 4 is 23.6 Å². The maximum Gasteiger partial charge on any atom is 0.230 e. The number of nitrogens with zero attached hydrogens (tertiary/aromatic N) is 4. The number of fused-ring (bicyclic) bond motifs is 1. The summed E-state index contributed by atoms with van der Waals surface area (Å²) in [4.78, 5) is 15.1. The Labute approximate surface area is 176 Å². The molecule has 2 heterocycles. The zero-order chi connectivity index (χ0) is 19.6. The predicted molar refractivity (Wildman–Crippen MR) is 115 cm³/mol. The van der Waals surface area contributed by atoms with Crippen LogP contribution in [0, 0.1) is 0 Å². The topological polar surface area (TPSA) is 63.1 Å². The van der Waals surface area contributed by atoms with Gasteiger partial charge in [0.15, 0.2) is 5.16 Å². The molecule has 5 rings (SSSR count). The van der Waals surface area contributed by atoms with E-state index in [0.717, 1.165) is 43.5 Å². The number of nitrogens with one attached hydrogen (secondary N) is 1. The Kier molecular flexibility index (Phi) is 5.48. The Morgan fingerprint density at radius 1 is 1.07 bits per heavy atom. The highest BCUT2D eigenvalue weighted by molar-refractivity contribution is 7.99. The molecule has 2 aromatic rings. The van der Waals surface area contributed by atoms with Crippen molar-refractivity contribution in [2.75, 3.05) is 23.7 Å². The molecule has 3 aliphatic rings. The summed E-state index contributed by atoms with van der Waals surface area (Å²) >= 11 is 1.53. The smallest absolute Gasteiger partial charge is 0.230 e. The van der Waals surface area contributed by atoms with E-state index in [-0.39, 0.29) is 11.9 Å². The van der Waals surface area contributed by atoms with E-state index in [4.69, 9.17) is 0 Å². The van der Waals surface area contributed by atoms with E-state index >= 15 is 0 Å². The fourth-order valence-corrected chi connectivity index (χ4v) is 5.41. The second-order valence-corrected chi connectivity index (χ2v) is 9.37. The van der Waals surface area contributed by atoms with Gasteiger partial charge in [-0.25, -0.2) is 0 Å². The molecule has 1 amide bonds. The Morgan fingerprint density at radius 2 is 1.90 bits per heavy atom. The van der Waals surface area contributed by atoms with Gasteiger partial charge < -0.3 is 10.2 Å². The van der Waals surface area contributed by atoms with Gasteiger partial charge in [0.1, 0.15) is 0 Å². The molecule has 2 fully saturated rings. The number of carbonyl (C=O) groups excluding carboxylic acids is 1. The van der Waals surface area contributed by atoms with Gasteiger partial charge in [-0.1, -0.05) is 36.0 Å². The SMILES string of the molecule is O=C(CSc1nnc(N2CCCCC2)n1C1CC1)NC1CCCc2ccccc21. The normalized spacial score (nSPS) is 21.7. The summed E-state index contributed by atoms with van der Waals surface area (Å²) in [5, 5.41) is 13.1. The lowest BCUT2D eigenvalue weighted by Gasteiger charge is -2.28. The maximum atomic E-state index is 12.7. The summed E-state index contributed by atoms with van der Waals surface area (Å²) in [5.74, 6) is 1.49. The van der Waals surface area contributed by atoms with Crippen molar-refractivity contribution in [3.05, 3.63) is 35.4 Å². The van der Waals surface area contributed by atoms with Gasteiger partial charge in [0.25, 0.3) is 0 Å². The molecular formula is C22H29N5OS. The Bertz CT molecular complexity index is 872. The number of aromatic nitrogens is 3. The number of aryl methyl sites for hydroxylation is 1. The van der Waals surface area contributed by atoms with E-state index < -0.39 is 0 Å². The van der Waals surface area contributed by atoms with Gasteiger partial charge in [0.05, 0.1) is 11.8 Å². The summed E-state index contributed by atoms with van der Waals surface area (Å²) in [6.45, 7) is 2.13. The molecular weight excluding hydrogens is 382 g/mol. The molecule has 1 saturated carbocycles. The van der Waals surface area contributed by atoms with Gasteiger partial charge in [-0.05, 0) is 62.5 Å². The molecule has 1 atom stereocenters. The van der Waals surface area contributed by atoms with Gasteiger partial charge in [-0.3, -0.25) is 9.36 Å². The standard InChI is InChI=1S/C22H29N5OS/c28-20(23-19-10-6-8-16-7-2-3-9-18(16)19)15-29-22-25-24-21(27(22)17-11-12-17)26-13-4-1-5-14-26/h2-3,7,9,17,19H,1,4-6,8,10-15H2,(H,23,28). The first-order valence-corrected chi connectivity index (χ1v) is 12.0. The quantitative estimate of drug-likeness (QED) is 0.731. The summed E-state index contributed by atoms with van der Waals surface area (Å²) in [6.07, 6.45) is 9.40. The molecule has 1 saturated heterocycles. The largest absolute Gasteiger partial charge is 0.349 e. The van der Waals surface area contributed by atoms with E-state index in [1.165, 1.54) is 55.0 Å². The van der Waals surface area contributed by atoms with E-state index in [1.807, 2.05) is 0 Å². The van der Waals surface area contributed by atoms with Crippen LogP contribution in [0.4, 0.5) is 5.95 Å². The highest BCUT2D eigenvalue weighted by atomic mass is 32.2. The molecule has 0 bridgehead atoms. The van der Waals surface area contributed by atoms with E-state index in [9.17, 15) is 4.79 Å². The van der Waals surface area contributed by atoms with Gasteiger partial charge in [0, 0.05) is 19.1 Å². The van der Waals surface area contributed by atoms with Crippen molar-refractivity contribution < 1.29 is 4.79 Å². The maximum absolute atomic E-state index is 12.7. The highest BCUT2D eigenvalue weighted by Crippen LogP contribution is 2.41. The monoisotopic (exact) mass is 411 g/mol. The number of benzene rings is 1. The van der Waals surface area contributed by atoms with Gasteiger partial charge in [-0.2, -0.15) is 0 Å². The second kappa shape index (κ2) is 8.38. The molecule has 0 radical (unpaired) electrons. The first-order valence-electron chi connectivity index (χ1n) is 11.0. The van der Waals surface area contributed by atoms with Crippen LogP contribution in [0.3, 0.4) is 0 Å².